The first-order chi connectivity index (χ1) is 15.0. The quantitative estimate of drug-likeness (QED) is 0.506. The molecule has 2 aromatic carbocycles. The van der Waals surface area contributed by atoms with Gasteiger partial charge in [-0.1, -0.05) is 42.5 Å². The van der Waals surface area contributed by atoms with Crippen LogP contribution in [-0.2, 0) is 22.4 Å². The van der Waals surface area contributed by atoms with Crippen LogP contribution in [0.3, 0.4) is 0 Å². The van der Waals surface area contributed by atoms with E-state index in [1.807, 2.05) is 59.2 Å². The Hall–Kier alpha value is -2.53. The summed E-state index contributed by atoms with van der Waals surface area (Å²) in [5, 5.41) is 4.43. The van der Waals surface area contributed by atoms with Crippen LogP contribution in [0.5, 0.6) is 5.75 Å². The van der Waals surface area contributed by atoms with E-state index in [-0.39, 0.29) is 5.75 Å². The number of para-hydroxylation sites is 2. The molecule has 10 heteroatoms. The summed E-state index contributed by atoms with van der Waals surface area (Å²) in [6.07, 6.45) is 1.68. The molecule has 31 heavy (non-hydrogen) atoms. The molecule has 1 aliphatic heterocycles. The van der Waals surface area contributed by atoms with Crippen molar-refractivity contribution >= 4 is 22.2 Å². The number of methoxy groups -OCH3 is 1. The number of rotatable bonds is 7. The topological polar surface area (TPSA) is 72.6 Å². The molecule has 8 nitrogen and oxygen atoms in total. The van der Waals surface area contributed by atoms with Gasteiger partial charge in [-0.2, -0.15) is 9.40 Å². The zero-order chi connectivity index (χ0) is 21.8. The summed E-state index contributed by atoms with van der Waals surface area (Å²) < 4.78 is 36.6. The maximum Gasteiger partial charge on any atom is 0.218 e. The Morgan fingerprint density at radius 2 is 1.68 bits per heavy atom. The molecular formula is C21H25N5O3S2. The molecule has 0 radical (unpaired) electrons. The highest BCUT2D eigenvalue weighted by molar-refractivity contribution is 7.88. The van der Waals surface area contributed by atoms with Crippen LogP contribution in [0.4, 0.5) is 0 Å². The van der Waals surface area contributed by atoms with Gasteiger partial charge in [-0.25, -0.2) is 13.1 Å². The van der Waals surface area contributed by atoms with E-state index in [1.54, 1.807) is 22.4 Å². The van der Waals surface area contributed by atoms with E-state index in [2.05, 4.69) is 10.00 Å². The van der Waals surface area contributed by atoms with Gasteiger partial charge in [0.1, 0.15) is 12.1 Å². The van der Waals surface area contributed by atoms with Crippen LogP contribution >= 0.6 is 12.2 Å². The third-order valence-corrected chi connectivity index (χ3v) is 7.59. The minimum Gasteiger partial charge on any atom is -0.495 e. The molecule has 1 aliphatic rings. The molecule has 4 rings (SSSR count). The molecule has 1 fully saturated rings. The summed E-state index contributed by atoms with van der Waals surface area (Å²) in [5.74, 6) is 0.748. The van der Waals surface area contributed by atoms with Crippen molar-refractivity contribution in [2.24, 2.45) is 0 Å². The zero-order valence-electron chi connectivity index (χ0n) is 17.3. The van der Waals surface area contributed by atoms with Gasteiger partial charge < -0.3 is 4.74 Å². The van der Waals surface area contributed by atoms with Crippen molar-refractivity contribution in [2.45, 2.75) is 12.4 Å². The van der Waals surface area contributed by atoms with E-state index < -0.39 is 10.0 Å². The number of sulfonamides is 1. The van der Waals surface area contributed by atoms with E-state index in [4.69, 9.17) is 17.0 Å². The molecular weight excluding hydrogens is 434 g/mol. The molecule has 0 unspecified atom stereocenters. The van der Waals surface area contributed by atoms with E-state index in [9.17, 15) is 8.42 Å². The number of hydrogen-bond donors (Lipinski definition) is 0. The van der Waals surface area contributed by atoms with Gasteiger partial charge >= 0.3 is 0 Å². The van der Waals surface area contributed by atoms with Crippen LogP contribution in [-0.4, -0.2) is 65.3 Å². The molecule has 3 aromatic rings. The van der Waals surface area contributed by atoms with Gasteiger partial charge in [0.2, 0.25) is 14.8 Å². The van der Waals surface area contributed by atoms with Crippen molar-refractivity contribution in [1.29, 1.82) is 0 Å². The van der Waals surface area contributed by atoms with Gasteiger partial charge in [0, 0.05) is 26.2 Å². The third kappa shape index (κ3) is 4.87. The second-order valence-corrected chi connectivity index (χ2v) is 9.69. The minimum absolute atomic E-state index is 0.0300. The van der Waals surface area contributed by atoms with E-state index >= 15 is 0 Å². The summed E-state index contributed by atoms with van der Waals surface area (Å²) in [4.78, 5) is 2.16. The van der Waals surface area contributed by atoms with E-state index in [0.717, 1.165) is 17.0 Å². The molecule has 1 aromatic heterocycles. The Balaban J connectivity index is 1.40. The fourth-order valence-corrected chi connectivity index (χ4v) is 5.41. The Bertz CT molecular complexity index is 1180. The highest BCUT2D eigenvalue weighted by atomic mass is 32.2. The van der Waals surface area contributed by atoms with Crippen molar-refractivity contribution in [3.05, 3.63) is 71.3 Å². The summed E-state index contributed by atoms with van der Waals surface area (Å²) in [6.45, 7) is 2.66. The van der Waals surface area contributed by atoms with Gasteiger partial charge in [-0.15, -0.1) is 0 Å². The van der Waals surface area contributed by atoms with Crippen molar-refractivity contribution in [2.75, 3.05) is 33.3 Å². The van der Waals surface area contributed by atoms with E-state index in [0.29, 0.717) is 37.6 Å². The average Bonchev–Trinajstić information content (AvgIpc) is 3.14. The number of piperazine rings is 1. The van der Waals surface area contributed by atoms with Gasteiger partial charge in [-0.3, -0.25) is 9.47 Å². The number of ether oxygens (including phenoxy) is 1. The first-order valence-electron chi connectivity index (χ1n) is 10.00. The monoisotopic (exact) mass is 459 g/mol. The molecule has 0 aliphatic carbocycles. The molecule has 164 valence electrons. The molecule has 0 spiro atoms. The lowest BCUT2D eigenvalue weighted by Crippen LogP contribution is -2.49. The second-order valence-electron chi connectivity index (χ2n) is 7.36. The van der Waals surface area contributed by atoms with Gasteiger partial charge in [0.25, 0.3) is 0 Å². The van der Waals surface area contributed by atoms with Gasteiger partial charge in [0.05, 0.1) is 25.2 Å². The van der Waals surface area contributed by atoms with Crippen LogP contribution in [0, 0.1) is 4.77 Å². The lowest BCUT2D eigenvalue weighted by atomic mass is 10.2. The van der Waals surface area contributed by atoms with Crippen LogP contribution in [0.25, 0.3) is 5.69 Å². The smallest absolute Gasteiger partial charge is 0.218 e. The molecule has 0 atom stereocenters. The Morgan fingerprint density at radius 1 is 1.00 bits per heavy atom. The SMILES string of the molecule is COc1ccccc1-n1cnn(CN2CCN(S(=O)(=O)Cc3ccccc3)CC2)c1=S. The summed E-state index contributed by atoms with van der Waals surface area (Å²) >= 11 is 5.61. The lowest BCUT2D eigenvalue weighted by molar-refractivity contribution is 0.144. The predicted octanol–water partition coefficient (Wildman–Crippen LogP) is 2.52. The summed E-state index contributed by atoms with van der Waals surface area (Å²) in [7, 11) is -1.71. The molecule has 0 bridgehead atoms. The standard InChI is InChI=1S/C21H25N5O3S2/c1-29-20-10-6-5-9-19(20)25-16-22-26(21(25)30)17-23-11-13-24(14-12-23)31(27,28)15-18-7-3-2-4-8-18/h2-10,16H,11-15,17H2,1H3. The number of aromatic nitrogens is 3. The Kier molecular flexibility index (Phi) is 6.51. The fourth-order valence-electron chi connectivity index (χ4n) is 3.64. The minimum atomic E-state index is -3.33. The predicted molar refractivity (Wildman–Crippen MR) is 121 cm³/mol. The van der Waals surface area contributed by atoms with Crippen molar-refractivity contribution in [3.63, 3.8) is 0 Å². The molecule has 0 N–H and O–H groups in total. The first-order valence-corrected chi connectivity index (χ1v) is 12.0. The van der Waals surface area contributed by atoms with Crippen LogP contribution in [0.1, 0.15) is 5.56 Å². The fraction of sp³-hybridized carbons (Fsp3) is 0.333. The third-order valence-electron chi connectivity index (χ3n) is 5.33. The molecule has 1 saturated heterocycles. The largest absolute Gasteiger partial charge is 0.495 e. The van der Waals surface area contributed by atoms with Crippen LogP contribution < -0.4 is 4.74 Å². The number of benzene rings is 2. The highest BCUT2D eigenvalue weighted by Gasteiger charge is 2.27. The van der Waals surface area contributed by atoms with Crippen LogP contribution in [0.2, 0.25) is 0 Å². The summed E-state index contributed by atoms with van der Waals surface area (Å²) in [6, 6.07) is 16.9. The Labute approximate surface area is 187 Å². The summed E-state index contributed by atoms with van der Waals surface area (Å²) in [5.41, 5.74) is 1.64. The zero-order valence-corrected chi connectivity index (χ0v) is 18.9. The first kappa shape index (κ1) is 21.7. The second kappa shape index (κ2) is 9.31. The molecule has 0 saturated carbocycles. The average molecular weight is 460 g/mol. The molecule has 2 heterocycles. The van der Waals surface area contributed by atoms with Crippen molar-refractivity contribution in [3.8, 4) is 11.4 Å². The maximum atomic E-state index is 12.8. The van der Waals surface area contributed by atoms with Gasteiger partial charge in [0.15, 0.2) is 0 Å². The van der Waals surface area contributed by atoms with E-state index in [1.165, 1.54) is 0 Å². The van der Waals surface area contributed by atoms with Crippen LogP contribution in [0.15, 0.2) is 60.9 Å². The normalized spacial score (nSPS) is 15.8. The Morgan fingerprint density at radius 3 is 2.39 bits per heavy atom. The van der Waals surface area contributed by atoms with Crippen molar-refractivity contribution < 1.29 is 13.2 Å². The van der Waals surface area contributed by atoms with Crippen molar-refractivity contribution in [1.82, 2.24) is 23.6 Å². The molecule has 0 amide bonds. The number of nitrogens with zero attached hydrogens (tertiary/aromatic N) is 5. The van der Waals surface area contributed by atoms with Gasteiger partial charge in [-0.05, 0) is 29.9 Å². The number of hydrogen-bond acceptors (Lipinski definition) is 6. The highest BCUT2D eigenvalue weighted by Crippen LogP contribution is 2.22. The lowest BCUT2D eigenvalue weighted by Gasteiger charge is -2.33. The maximum absolute atomic E-state index is 12.8.